The summed E-state index contributed by atoms with van der Waals surface area (Å²) in [4.78, 5) is 0. The van der Waals surface area contributed by atoms with Crippen LogP contribution in [0.3, 0.4) is 0 Å². The molecule has 0 aliphatic carbocycles. The van der Waals surface area contributed by atoms with Crippen molar-refractivity contribution in [3.05, 3.63) is 60.7 Å². The van der Waals surface area contributed by atoms with Crippen molar-refractivity contribution >= 4 is 64.9 Å². The van der Waals surface area contributed by atoms with Crippen LogP contribution in [0.15, 0.2) is 60.7 Å². The minimum Gasteiger partial charge on any atom is -0.150 e. The molecule has 7 rings (SSSR count). The Morgan fingerprint density at radius 2 is 0.625 bits per heavy atom. The molecule has 0 N–H and O–H groups in total. The summed E-state index contributed by atoms with van der Waals surface area (Å²) in [6.07, 6.45) is 0. The Morgan fingerprint density at radius 3 is 1.00 bits per heavy atom. The first kappa shape index (κ1) is 11.3. The van der Waals surface area contributed by atoms with Gasteiger partial charge in [0.2, 0.25) is 0 Å². The molecule has 0 aliphatic rings. The highest BCUT2D eigenvalue weighted by Gasteiger charge is 2.20. The van der Waals surface area contributed by atoms with Crippen molar-refractivity contribution in [2.45, 2.75) is 0 Å². The van der Waals surface area contributed by atoms with Crippen LogP contribution in [0.25, 0.3) is 64.9 Å². The average Bonchev–Trinajstić information content (AvgIpc) is 2.65. The molecule has 0 saturated heterocycles. The van der Waals surface area contributed by atoms with Crippen LogP contribution in [-0.4, -0.2) is 10.2 Å². The van der Waals surface area contributed by atoms with E-state index >= 15 is 0 Å². The third-order valence-corrected chi connectivity index (χ3v) is 5.60. The van der Waals surface area contributed by atoms with Crippen LogP contribution in [0.2, 0.25) is 0 Å². The number of aromatic nitrogens is 2. The lowest BCUT2D eigenvalue weighted by atomic mass is 9.85. The lowest BCUT2D eigenvalue weighted by Gasteiger charge is -2.19. The standard InChI is InChI=1S/C22H10N2/c1-2-12-4-6-14-8-10-16-22-20(14)18(12)17-11(1)3-5-13-7-9-15(23-24-16)21(22)19(13)17/h1-10H. The molecule has 108 valence electrons. The molecule has 1 aromatic heterocycles. The molecule has 7 aromatic rings. The molecule has 0 aliphatic heterocycles. The van der Waals surface area contributed by atoms with E-state index in [4.69, 9.17) is 0 Å². The number of nitrogens with zero attached hydrogens (tertiary/aromatic N) is 2. The molecular weight excluding hydrogens is 292 g/mol. The highest BCUT2D eigenvalue weighted by Crippen LogP contribution is 2.46. The van der Waals surface area contributed by atoms with E-state index in [1.165, 1.54) is 53.9 Å². The highest BCUT2D eigenvalue weighted by atomic mass is 15.1. The van der Waals surface area contributed by atoms with E-state index in [0.29, 0.717) is 0 Å². The summed E-state index contributed by atoms with van der Waals surface area (Å²) in [5.74, 6) is 0. The molecule has 2 heteroatoms. The molecular formula is C22H10N2. The highest BCUT2D eigenvalue weighted by molar-refractivity contribution is 6.43. The van der Waals surface area contributed by atoms with E-state index in [2.05, 4.69) is 70.9 Å². The number of hydrogen-bond donors (Lipinski definition) is 0. The molecule has 0 radical (unpaired) electrons. The minimum atomic E-state index is 0.988. The molecule has 2 nitrogen and oxygen atoms in total. The third-order valence-electron chi connectivity index (χ3n) is 5.60. The number of benzene rings is 6. The van der Waals surface area contributed by atoms with Gasteiger partial charge >= 0.3 is 0 Å². The topological polar surface area (TPSA) is 25.8 Å². The van der Waals surface area contributed by atoms with Gasteiger partial charge in [-0.3, -0.25) is 0 Å². The average molecular weight is 302 g/mol. The van der Waals surface area contributed by atoms with Crippen molar-refractivity contribution < 1.29 is 0 Å². The molecule has 0 bridgehead atoms. The van der Waals surface area contributed by atoms with Gasteiger partial charge in [-0.2, -0.15) is 0 Å². The van der Waals surface area contributed by atoms with Gasteiger partial charge < -0.3 is 0 Å². The summed E-state index contributed by atoms with van der Waals surface area (Å²) in [7, 11) is 0. The first-order valence-electron chi connectivity index (χ1n) is 8.20. The van der Waals surface area contributed by atoms with Gasteiger partial charge in [0.25, 0.3) is 0 Å². The number of hydrogen-bond acceptors (Lipinski definition) is 2. The molecule has 0 spiro atoms. The maximum Gasteiger partial charge on any atom is 0.0943 e. The molecule has 24 heavy (non-hydrogen) atoms. The van der Waals surface area contributed by atoms with Crippen molar-refractivity contribution in [2.75, 3.05) is 0 Å². The van der Waals surface area contributed by atoms with Crippen LogP contribution in [0.4, 0.5) is 0 Å². The van der Waals surface area contributed by atoms with Crippen molar-refractivity contribution in [1.82, 2.24) is 10.2 Å². The van der Waals surface area contributed by atoms with Gasteiger partial charge in [0.05, 0.1) is 11.0 Å². The van der Waals surface area contributed by atoms with Gasteiger partial charge in [-0.25, -0.2) is 0 Å². The Labute approximate surface area is 136 Å². The Kier molecular flexibility index (Phi) is 1.63. The fourth-order valence-electron chi connectivity index (χ4n) is 4.62. The van der Waals surface area contributed by atoms with Crippen molar-refractivity contribution in [3.63, 3.8) is 0 Å². The van der Waals surface area contributed by atoms with Gasteiger partial charge in [-0.1, -0.05) is 48.5 Å². The Balaban J connectivity index is 2.11. The fraction of sp³-hybridized carbons (Fsp3) is 0. The van der Waals surface area contributed by atoms with Gasteiger partial charge in [0, 0.05) is 21.5 Å². The maximum atomic E-state index is 4.49. The second-order valence-electron chi connectivity index (χ2n) is 6.71. The monoisotopic (exact) mass is 302 g/mol. The lowest BCUT2D eigenvalue weighted by Crippen LogP contribution is -1.95. The van der Waals surface area contributed by atoms with Crippen LogP contribution >= 0.6 is 0 Å². The van der Waals surface area contributed by atoms with Crippen LogP contribution in [-0.2, 0) is 0 Å². The second kappa shape index (κ2) is 3.46. The van der Waals surface area contributed by atoms with E-state index in [0.717, 1.165) is 11.0 Å². The third kappa shape index (κ3) is 1.06. The smallest absolute Gasteiger partial charge is 0.0943 e. The van der Waals surface area contributed by atoms with Crippen molar-refractivity contribution in [2.24, 2.45) is 0 Å². The van der Waals surface area contributed by atoms with E-state index in [1.807, 2.05) is 0 Å². The maximum absolute atomic E-state index is 4.49. The molecule has 6 aromatic carbocycles. The quantitative estimate of drug-likeness (QED) is 0.265. The molecule has 0 fully saturated rings. The molecule has 1 heterocycles. The zero-order valence-corrected chi connectivity index (χ0v) is 12.7. The number of rotatable bonds is 0. The molecule has 0 amide bonds. The molecule has 0 saturated carbocycles. The Morgan fingerprint density at radius 1 is 0.333 bits per heavy atom. The van der Waals surface area contributed by atoms with Gasteiger partial charge in [0.1, 0.15) is 0 Å². The first-order valence-corrected chi connectivity index (χ1v) is 8.20. The van der Waals surface area contributed by atoms with E-state index in [-0.39, 0.29) is 0 Å². The zero-order chi connectivity index (χ0) is 15.4. The minimum absolute atomic E-state index is 0.988. The van der Waals surface area contributed by atoms with Crippen molar-refractivity contribution in [1.29, 1.82) is 0 Å². The fourth-order valence-corrected chi connectivity index (χ4v) is 4.62. The van der Waals surface area contributed by atoms with Gasteiger partial charge in [-0.05, 0) is 44.5 Å². The summed E-state index contributed by atoms with van der Waals surface area (Å²) in [5.41, 5.74) is 1.98. The molecule has 0 unspecified atom stereocenters. The van der Waals surface area contributed by atoms with E-state index in [9.17, 15) is 0 Å². The summed E-state index contributed by atoms with van der Waals surface area (Å²) < 4.78 is 0. The second-order valence-corrected chi connectivity index (χ2v) is 6.71. The summed E-state index contributed by atoms with van der Waals surface area (Å²) >= 11 is 0. The summed E-state index contributed by atoms with van der Waals surface area (Å²) in [6, 6.07) is 21.9. The molecule has 0 atom stereocenters. The van der Waals surface area contributed by atoms with Crippen LogP contribution in [0, 0.1) is 0 Å². The lowest BCUT2D eigenvalue weighted by molar-refractivity contribution is 1.12. The predicted molar refractivity (Wildman–Crippen MR) is 101 cm³/mol. The SMILES string of the molecule is c1cc2ccc3ccc4nnc5ccc6ccc1c1c2c3c4c5c61. The van der Waals surface area contributed by atoms with Crippen molar-refractivity contribution in [3.8, 4) is 0 Å². The van der Waals surface area contributed by atoms with Gasteiger partial charge in [-0.15, -0.1) is 10.2 Å². The van der Waals surface area contributed by atoms with Crippen LogP contribution in [0.1, 0.15) is 0 Å². The van der Waals surface area contributed by atoms with Crippen LogP contribution in [0.5, 0.6) is 0 Å². The van der Waals surface area contributed by atoms with E-state index in [1.54, 1.807) is 0 Å². The van der Waals surface area contributed by atoms with E-state index < -0.39 is 0 Å². The largest absolute Gasteiger partial charge is 0.150 e. The summed E-state index contributed by atoms with van der Waals surface area (Å²) in [5, 5.41) is 22.1. The first-order chi connectivity index (χ1) is 11.9. The normalized spacial score (nSPS) is 13.0. The van der Waals surface area contributed by atoms with Gasteiger partial charge in [0.15, 0.2) is 0 Å². The van der Waals surface area contributed by atoms with Crippen LogP contribution < -0.4 is 0 Å². The summed E-state index contributed by atoms with van der Waals surface area (Å²) in [6.45, 7) is 0. The Bertz CT molecular complexity index is 1150. The Hall–Kier alpha value is -3.26. The predicted octanol–water partition coefficient (Wildman–Crippen LogP) is 5.71. The zero-order valence-electron chi connectivity index (χ0n) is 12.7.